The molecule has 0 spiro atoms. The van der Waals surface area contributed by atoms with Crippen LogP contribution in [-0.4, -0.2) is 6.04 Å². The first-order valence-corrected chi connectivity index (χ1v) is 6.41. The molecule has 3 heteroatoms. The maximum Gasteiger partial charge on any atom is 0.129 e. The molecule has 1 aromatic rings. The molecule has 1 atom stereocenters. The third-order valence-electron chi connectivity index (χ3n) is 4.06. The maximum atomic E-state index is 13.7. The molecular formula is C15H19FN2. The van der Waals surface area contributed by atoms with Gasteiger partial charge in [0, 0.05) is 17.3 Å². The lowest BCUT2D eigenvalue weighted by atomic mass is 9.87. The van der Waals surface area contributed by atoms with Crippen molar-refractivity contribution in [3.8, 4) is 6.07 Å². The van der Waals surface area contributed by atoms with Gasteiger partial charge < -0.3 is 5.32 Å². The fraction of sp³-hybridized carbons (Fsp3) is 0.533. The number of nitriles is 1. The van der Waals surface area contributed by atoms with Gasteiger partial charge in [-0.1, -0.05) is 20.3 Å². The molecule has 0 bridgehead atoms. The maximum absolute atomic E-state index is 13.7. The van der Waals surface area contributed by atoms with E-state index < -0.39 is 0 Å². The first-order chi connectivity index (χ1) is 8.44. The molecule has 1 aromatic carbocycles. The second kappa shape index (κ2) is 4.61. The van der Waals surface area contributed by atoms with E-state index in [1.807, 2.05) is 6.07 Å². The number of halogens is 1. The number of hydrogen-bond donors (Lipinski definition) is 1. The Bertz CT molecular complexity index is 500. The van der Waals surface area contributed by atoms with Crippen molar-refractivity contribution in [2.24, 2.45) is 5.41 Å². The van der Waals surface area contributed by atoms with Crippen molar-refractivity contribution in [2.75, 3.05) is 5.32 Å². The number of nitrogens with one attached hydrogen (secondary N) is 1. The zero-order chi connectivity index (χ0) is 13.3. The number of benzene rings is 1. The van der Waals surface area contributed by atoms with Gasteiger partial charge in [0.15, 0.2) is 0 Å². The largest absolute Gasteiger partial charge is 0.381 e. The minimum absolute atomic E-state index is 0.228. The minimum atomic E-state index is -0.313. The topological polar surface area (TPSA) is 35.8 Å². The molecule has 96 valence electrons. The van der Waals surface area contributed by atoms with Gasteiger partial charge in [0.1, 0.15) is 5.82 Å². The van der Waals surface area contributed by atoms with Crippen molar-refractivity contribution < 1.29 is 4.39 Å². The lowest BCUT2D eigenvalue weighted by Crippen LogP contribution is -2.31. The van der Waals surface area contributed by atoms with E-state index in [4.69, 9.17) is 5.26 Å². The van der Waals surface area contributed by atoms with Gasteiger partial charge in [-0.25, -0.2) is 4.39 Å². The van der Waals surface area contributed by atoms with Crippen molar-refractivity contribution in [1.82, 2.24) is 0 Å². The SMILES string of the molecule is Cc1c(F)cc(C#N)cc1NC1CCCC1(C)C. The number of hydrogen-bond acceptors (Lipinski definition) is 2. The predicted molar refractivity (Wildman–Crippen MR) is 70.9 cm³/mol. The second-order valence-electron chi connectivity index (χ2n) is 5.82. The third-order valence-corrected chi connectivity index (χ3v) is 4.06. The van der Waals surface area contributed by atoms with Crippen molar-refractivity contribution in [2.45, 2.75) is 46.1 Å². The van der Waals surface area contributed by atoms with Crippen LogP contribution in [0.3, 0.4) is 0 Å². The summed E-state index contributed by atoms with van der Waals surface area (Å²) < 4.78 is 13.7. The minimum Gasteiger partial charge on any atom is -0.381 e. The highest BCUT2D eigenvalue weighted by molar-refractivity contribution is 5.56. The van der Waals surface area contributed by atoms with Crippen LogP contribution in [0.2, 0.25) is 0 Å². The highest BCUT2D eigenvalue weighted by Crippen LogP contribution is 2.39. The molecular weight excluding hydrogens is 227 g/mol. The van der Waals surface area contributed by atoms with E-state index in [1.165, 1.54) is 18.9 Å². The molecule has 1 aliphatic carbocycles. The van der Waals surface area contributed by atoms with Crippen LogP contribution in [-0.2, 0) is 0 Å². The lowest BCUT2D eigenvalue weighted by molar-refractivity contribution is 0.350. The average molecular weight is 246 g/mol. The number of rotatable bonds is 2. The third kappa shape index (κ3) is 2.33. The molecule has 0 saturated heterocycles. The zero-order valence-corrected chi connectivity index (χ0v) is 11.2. The Labute approximate surface area is 108 Å². The van der Waals surface area contributed by atoms with E-state index in [0.717, 1.165) is 12.1 Å². The van der Waals surface area contributed by atoms with E-state index in [1.54, 1.807) is 13.0 Å². The Kier molecular flexibility index (Phi) is 3.30. The summed E-state index contributed by atoms with van der Waals surface area (Å²) in [7, 11) is 0. The van der Waals surface area contributed by atoms with E-state index in [0.29, 0.717) is 17.2 Å². The Morgan fingerprint density at radius 2 is 2.17 bits per heavy atom. The van der Waals surface area contributed by atoms with Gasteiger partial charge in [-0.05, 0) is 37.3 Å². The Morgan fingerprint density at radius 1 is 1.44 bits per heavy atom. The molecule has 0 aliphatic heterocycles. The van der Waals surface area contributed by atoms with Gasteiger partial charge in [-0.15, -0.1) is 0 Å². The van der Waals surface area contributed by atoms with Crippen molar-refractivity contribution in [3.63, 3.8) is 0 Å². The van der Waals surface area contributed by atoms with Crippen LogP contribution in [0.5, 0.6) is 0 Å². The van der Waals surface area contributed by atoms with Gasteiger partial charge in [0.25, 0.3) is 0 Å². The van der Waals surface area contributed by atoms with Crippen LogP contribution >= 0.6 is 0 Å². The monoisotopic (exact) mass is 246 g/mol. The van der Waals surface area contributed by atoms with Gasteiger partial charge in [0.05, 0.1) is 11.6 Å². The normalized spacial score (nSPS) is 21.6. The molecule has 0 heterocycles. The van der Waals surface area contributed by atoms with Crippen LogP contribution in [0.1, 0.15) is 44.2 Å². The molecule has 1 N–H and O–H groups in total. The number of nitrogens with zero attached hydrogens (tertiary/aromatic N) is 1. The summed E-state index contributed by atoms with van der Waals surface area (Å²) in [6.45, 7) is 6.22. The fourth-order valence-corrected chi connectivity index (χ4v) is 2.68. The van der Waals surface area contributed by atoms with Crippen molar-refractivity contribution >= 4 is 5.69 Å². The predicted octanol–water partition coefficient (Wildman–Crippen LogP) is 4.00. The van der Waals surface area contributed by atoms with Gasteiger partial charge in [-0.2, -0.15) is 5.26 Å². The van der Waals surface area contributed by atoms with E-state index in [-0.39, 0.29) is 11.2 Å². The first kappa shape index (κ1) is 12.9. The summed E-state index contributed by atoms with van der Waals surface area (Å²) in [4.78, 5) is 0. The summed E-state index contributed by atoms with van der Waals surface area (Å²) >= 11 is 0. The molecule has 0 amide bonds. The molecule has 2 rings (SSSR count). The van der Waals surface area contributed by atoms with Gasteiger partial charge in [0.2, 0.25) is 0 Å². The molecule has 1 aliphatic rings. The Hall–Kier alpha value is -1.56. The summed E-state index contributed by atoms with van der Waals surface area (Å²) in [6.07, 6.45) is 3.49. The van der Waals surface area contributed by atoms with Crippen molar-refractivity contribution in [3.05, 3.63) is 29.1 Å². The molecule has 1 fully saturated rings. The van der Waals surface area contributed by atoms with E-state index in [2.05, 4.69) is 19.2 Å². The summed E-state index contributed by atoms with van der Waals surface area (Å²) in [5.74, 6) is -0.313. The highest BCUT2D eigenvalue weighted by atomic mass is 19.1. The first-order valence-electron chi connectivity index (χ1n) is 6.41. The van der Waals surface area contributed by atoms with Gasteiger partial charge >= 0.3 is 0 Å². The molecule has 18 heavy (non-hydrogen) atoms. The van der Waals surface area contributed by atoms with Crippen LogP contribution in [0, 0.1) is 29.5 Å². The summed E-state index contributed by atoms with van der Waals surface area (Å²) in [5.41, 5.74) is 1.95. The number of anilines is 1. The van der Waals surface area contributed by atoms with Crippen LogP contribution in [0.4, 0.5) is 10.1 Å². The summed E-state index contributed by atoms with van der Waals surface area (Å²) in [5, 5.41) is 12.3. The van der Waals surface area contributed by atoms with E-state index >= 15 is 0 Å². The lowest BCUT2D eigenvalue weighted by Gasteiger charge is -2.29. The Morgan fingerprint density at radius 3 is 2.72 bits per heavy atom. The quantitative estimate of drug-likeness (QED) is 0.856. The van der Waals surface area contributed by atoms with E-state index in [9.17, 15) is 4.39 Å². The second-order valence-corrected chi connectivity index (χ2v) is 5.82. The van der Waals surface area contributed by atoms with Crippen molar-refractivity contribution in [1.29, 1.82) is 5.26 Å². The Balaban J connectivity index is 2.29. The smallest absolute Gasteiger partial charge is 0.129 e. The van der Waals surface area contributed by atoms with Crippen LogP contribution < -0.4 is 5.32 Å². The average Bonchev–Trinajstić information content (AvgIpc) is 2.64. The molecule has 0 radical (unpaired) electrons. The highest BCUT2D eigenvalue weighted by Gasteiger charge is 2.34. The zero-order valence-electron chi connectivity index (χ0n) is 11.2. The van der Waals surface area contributed by atoms with Crippen LogP contribution in [0.15, 0.2) is 12.1 Å². The molecule has 1 saturated carbocycles. The molecule has 0 aromatic heterocycles. The van der Waals surface area contributed by atoms with Crippen LogP contribution in [0.25, 0.3) is 0 Å². The summed E-state index contributed by atoms with van der Waals surface area (Å²) in [6, 6.07) is 5.39. The van der Waals surface area contributed by atoms with Gasteiger partial charge in [-0.3, -0.25) is 0 Å². The molecule has 1 unspecified atom stereocenters. The fourth-order valence-electron chi connectivity index (χ4n) is 2.68. The standard InChI is InChI=1S/C15H19FN2/c1-10-12(16)7-11(9-17)8-13(10)18-14-5-4-6-15(14,2)3/h7-8,14,18H,4-6H2,1-3H3. The molecule has 2 nitrogen and oxygen atoms in total.